The molecule has 0 radical (unpaired) electrons. The van der Waals surface area contributed by atoms with Crippen LogP contribution in [0.5, 0.6) is 5.75 Å². The molecule has 2 nitrogen and oxygen atoms in total. The van der Waals surface area contributed by atoms with Gasteiger partial charge in [0.15, 0.2) is 0 Å². The number of unbranched alkanes of at least 4 members (excludes halogenated alkanes) is 2. The number of nitriles is 1. The van der Waals surface area contributed by atoms with Crippen molar-refractivity contribution in [3.63, 3.8) is 0 Å². The summed E-state index contributed by atoms with van der Waals surface area (Å²) >= 11 is 0. The van der Waals surface area contributed by atoms with Crippen LogP contribution in [0.3, 0.4) is 0 Å². The van der Waals surface area contributed by atoms with Gasteiger partial charge in [-0.05, 0) is 47.7 Å². The predicted molar refractivity (Wildman–Crippen MR) is 100 cm³/mol. The fraction of sp³-hybridized carbons (Fsp3) is 0.409. The van der Waals surface area contributed by atoms with Crippen LogP contribution in [0, 0.1) is 17.2 Å². The van der Waals surface area contributed by atoms with Gasteiger partial charge in [-0.15, -0.1) is 0 Å². The molecular weight excluding hydrogens is 294 g/mol. The summed E-state index contributed by atoms with van der Waals surface area (Å²) in [6.07, 6.45) is 6.27. The number of rotatable bonds is 9. The summed E-state index contributed by atoms with van der Waals surface area (Å²) in [7, 11) is 0. The van der Waals surface area contributed by atoms with Crippen molar-refractivity contribution in [2.24, 2.45) is 5.92 Å². The van der Waals surface area contributed by atoms with E-state index >= 15 is 0 Å². The van der Waals surface area contributed by atoms with Crippen molar-refractivity contribution in [1.29, 1.82) is 5.26 Å². The van der Waals surface area contributed by atoms with Gasteiger partial charge in [0.2, 0.25) is 0 Å². The lowest BCUT2D eigenvalue weighted by molar-refractivity contribution is 0.302. The Morgan fingerprint density at radius 3 is 2.12 bits per heavy atom. The zero-order valence-electron chi connectivity index (χ0n) is 14.8. The first-order valence-corrected chi connectivity index (χ1v) is 8.96. The second-order valence-electron chi connectivity index (χ2n) is 6.42. The van der Waals surface area contributed by atoms with Crippen molar-refractivity contribution < 1.29 is 4.74 Å². The van der Waals surface area contributed by atoms with Crippen LogP contribution in [-0.2, 0) is 0 Å². The van der Waals surface area contributed by atoms with E-state index in [2.05, 4.69) is 32.0 Å². The Kier molecular flexibility index (Phi) is 7.36. The lowest BCUT2D eigenvalue weighted by Gasteiger charge is -2.09. The summed E-state index contributed by atoms with van der Waals surface area (Å²) in [4.78, 5) is 0. The minimum atomic E-state index is 0.687. The molecule has 24 heavy (non-hydrogen) atoms. The molecule has 0 aromatic heterocycles. The molecule has 2 heteroatoms. The Labute approximate surface area is 146 Å². The molecule has 2 aromatic carbocycles. The molecule has 0 aliphatic heterocycles. The Balaban J connectivity index is 1.75. The molecule has 1 atom stereocenters. The summed E-state index contributed by atoms with van der Waals surface area (Å²) in [5.74, 6) is 1.77. The van der Waals surface area contributed by atoms with Crippen molar-refractivity contribution in [3.05, 3.63) is 54.1 Å². The van der Waals surface area contributed by atoms with E-state index in [1.54, 1.807) is 0 Å². The molecule has 0 N–H and O–H groups in total. The van der Waals surface area contributed by atoms with Crippen molar-refractivity contribution in [2.45, 2.75) is 46.0 Å². The Morgan fingerprint density at radius 2 is 1.54 bits per heavy atom. The van der Waals surface area contributed by atoms with E-state index < -0.39 is 0 Å². The molecule has 0 saturated carbocycles. The van der Waals surface area contributed by atoms with Crippen LogP contribution < -0.4 is 4.74 Å². The highest BCUT2D eigenvalue weighted by Gasteiger charge is 2.01. The Bertz CT molecular complexity index is 637. The zero-order chi connectivity index (χ0) is 17.2. The average molecular weight is 321 g/mol. The molecule has 0 aliphatic rings. The molecule has 2 rings (SSSR count). The standard InChI is InChI=1S/C22H27NO/c1-3-18(2)7-5-4-6-16-24-22-14-12-21(13-15-22)20-10-8-19(17-23)9-11-20/h8-15,18H,3-7,16H2,1-2H3/t18-/m0/s1. The fourth-order valence-electron chi connectivity index (χ4n) is 2.65. The quantitative estimate of drug-likeness (QED) is 0.514. The molecule has 0 aliphatic carbocycles. The first-order valence-electron chi connectivity index (χ1n) is 8.96. The topological polar surface area (TPSA) is 33.0 Å². The van der Waals surface area contributed by atoms with E-state index in [1.807, 2.05) is 36.4 Å². The van der Waals surface area contributed by atoms with E-state index in [4.69, 9.17) is 10.00 Å². The minimum Gasteiger partial charge on any atom is -0.494 e. The minimum absolute atomic E-state index is 0.687. The molecule has 0 fully saturated rings. The summed E-state index contributed by atoms with van der Waals surface area (Å²) in [5.41, 5.74) is 2.94. The molecule has 126 valence electrons. The number of ether oxygens (including phenoxy) is 1. The highest BCUT2D eigenvalue weighted by atomic mass is 16.5. The second kappa shape index (κ2) is 9.78. The predicted octanol–water partition coefficient (Wildman–Crippen LogP) is 6.21. The van der Waals surface area contributed by atoms with E-state index in [0.717, 1.165) is 35.8 Å². The van der Waals surface area contributed by atoms with Gasteiger partial charge in [0.25, 0.3) is 0 Å². The SMILES string of the molecule is CC[C@H](C)CCCCCOc1ccc(-c2ccc(C#N)cc2)cc1. The van der Waals surface area contributed by atoms with Gasteiger partial charge in [-0.3, -0.25) is 0 Å². The van der Waals surface area contributed by atoms with Gasteiger partial charge in [-0.25, -0.2) is 0 Å². The van der Waals surface area contributed by atoms with Gasteiger partial charge >= 0.3 is 0 Å². The van der Waals surface area contributed by atoms with Crippen LogP contribution in [0.1, 0.15) is 51.5 Å². The Hall–Kier alpha value is -2.27. The molecule has 0 saturated heterocycles. The smallest absolute Gasteiger partial charge is 0.119 e. The number of nitrogens with zero attached hydrogens (tertiary/aromatic N) is 1. The first kappa shape index (κ1) is 18.1. The van der Waals surface area contributed by atoms with Crippen LogP contribution in [0.15, 0.2) is 48.5 Å². The maximum absolute atomic E-state index is 8.84. The summed E-state index contributed by atoms with van der Waals surface area (Å²) < 4.78 is 5.82. The van der Waals surface area contributed by atoms with Crippen LogP contribution >= 0.6 is 0 Å². The van der Waals surface area contributed by atoms with Crippen LogP contribution in [0.4, 0.5) is 0 Å². The molecule has 0 bridgehead atoms. The average Bonchev–Trinajstić information content (AvgIpc) is 2.65. The van der Waals surface area contributed by atoms with Gasteiger partial charge in [0, 0.05) is 0 Å². The number of benzene rings is 2. The lowest BCUT2D eigenvalue weighted by Crippen LogP contribution is -1.98. The van der Waals surface area contributed by atoms with Crippen LogP contribution in [0.2, 0.25) is 0 Å². The van der Waals surface area contributed by atoms with Crippen LogP contribution in [-0.4, -0.2) is 6.61 Å². The highest BCUT2D eigenvalue weighted by Crippen LogP contribution is 2.23. The molecule has 0 unspecified atom stereocenters. The molecule has 2 aromatic rings. The summed E-state index contributed by atoms with van der Waals surface area (Å²) in [5, 5.41) is 8.84. The maximum Gasteiger partial charge on any atom is 0.119 e. The fourth-order valence-corrected chi connectivity index (χ4v) is 2.65. The lowest BCUT2D eigenvalue weighted by atomic mass is 10.0. The van der Waals surface area contributed by atoms with Gasteiger partial charge in [0.05, 0.1) is 18.2 Å². The van der Waals surface area contributed by atoms with Crippen molar-refractivity contribution in [2.75, 3.05) is 6.61 Å². The van der Waals surface area contributed by atoms with Gasteiger partial charge in [-0.2, -0.15) is 5.26 Å². The van der Waals surface area contributed by atoms with E-state index in [-0.39, 0.29) is 0 Å². The normalized spacial score (nSPS) is 11.7. The van der Waals surface area contributed by atoms with Gasteiger partial charge in [-0.1, -0.05) is 63.8 Å². The monoisotopic (exact) mass is 321 g/mol. The third-order valence-electron chi connectivity index (χ3n) is 4.51. The number of hydrogen-bond donors (Lipinski definition) is 0. The molecular formula is C22H27NO. The van der Waals surface area contributed by atoms with Crippen molar-refractivity contribution >= 4 is 0 Å². The van der Waals surface area contributed by atoms with E-state index in [0.29, 0.717) is 5.56 Å². The van der Waals surface area contributed by atoms with Crippen LogP contribution in [0.25, 0.3) is 11.1 Å². The van der Waals surface area contributed by atoms with Crippen molar-refractivity contribution in [1.82, 2.24) is 0 Å². The molecule has 0 amide bonds. The highest BCUT2D eigenvalue weighted by molar-refractivity contribution is 5.64. The summed E-state index contributed by atoms with van der Waals surface area (Å²) in [6, 6.07) is 18.0. The zero-order valence-corrected chi connectivity index (χ0v) is 14.8. The molecule has 0 heterocycles. The number of hydrogen-bond acceptors (Lipinski definition) is 2. The van der Waals surface area contributed by atoms with Gasteiger partial charge in [0.1, 0.15) is 5.75 Å². The van der Waals surface area contributed by atoms with Crippen molar-refractivity contribution in [3.8, 4) is 22.9 Å². The Morgan fingerprint density at radius 1 is 0.917 bits per heavy atom. The summed E-state index contributed by atoms with van der Waals surface area (Å²) in [6.45, 7) is 5.37. The second-order valence-corrected chi connectivity index (χ2v) is 6.42. The maximum atomic E-state index is 8.84. The van der Waals surface area contributed by atoms with E-state index in [1.165, 1.54) is 25.7 Å². The third kappa shape index (κ3) is 5.74. The van der Waals surface area contributed by atoms with Gasteiger partial charge < -0.3 is 4.74 Å². The van der Waals surface area contributed by atoms with E-state index in [9.17, 15) is 0 Å². The molecule has 0 spiro atoms. The third-order valence-corrected chi connectivity index (χ3v) is 4.51. The first-order chi connectivity index (χ1) is 11.7. The largest absolute Gasteiger partial charge is 0.494 e.